The van der Waals surface area contributed by atoms with Crippen molar-refractivity contribution in [2.75, 3.05) is 19.6 Å². The standard InChI is InChI=1S/C12H25N3O2/c1-4-5-6-7-15(10(2)3)12(17)9-14-11(16)8-13/h10H,4-9,13H2,1-3H3,(H,14,16). The molecule has 0 saturated heterocycles. The van der Waals surface area contributed by atoms with Gasteiger partial charge in [-0.1, -0.05) is 19.8 Å². The number of carbonyl (C=O) groups is 2. The third-order valence-electron chi connectivity index (χ3n) is 2.57. The Hall–Kier alpha value is -1.10. The molecular formula is C12H25N3O2. The van der Waals surface area contributed by atoms with Gasteiger partial charge in [0, 0.05) is 12.6 Å². The lowest BCUT2D eigenvalue weighted by Crippen LogP contribution is -2.45. The van der Waals surface area contributed by atoms with Crippen molar-refractivity contribution in [3.05, 3.63) is 0 Å². The molecule has 3 N–H and O–H groups in total. The highest BCUT2D eigenvalue weighted by molar-refractivity contribution is 5.85. The second kappa shape index (κ2) is 8.98. The zero-order valence-corrected chi connectivity index (χ0v) is 11.2. The number of hydrogen-bond acceptors (Lipinski definition) is 3. The maximum Gasteiger partial charge on any atom is 0.242 e. The van der Waals surface area contributed by atoms with Gasteiger partial charge in [-0.15, -0.1) is 0 Å². The first kappa shape index (κ1) is 15.9. The van der Waals surface area contributed by atoms with Crippen molar-refractivity contribution >= 4 is 11.8 Å². The molecule has 5 nitrogen and oxygen atoms in total. The summed E-state index contributed by atoms with van der Waals surface area (Å²) in [7, 11) is 0. The number of nitrogens with zero attached hydrogens (tertiary/aromatic N) is 1. The normalized spacial score (nSPS) is 10.4. The molecule has 0 aliphatic carbocycles. The van der Waals surface area contributed by atoms with E-state index in [1.165, 1.54) is 0 Å². The summed E-state index contributed by atoms with van der Waals surface area (Å²) >= 11 is 0. The molecule has 0 fully saturated rings. The van der Waals surface area contributed by atoms with Crippen LogP contribution in [0.4, 0.5) is 0 Å². The molecule has 0 unspecified atom stereocenters. The highest BCUT2D eigenvalue weighted by Gasteiger charge is 2.16. The predicted molar refractivity (Wildman–Crippen MR) is 68.4 cm³/mol. The summed E-state index contributed by atoms with van der Waals surface area (Å²) < 4.78 is 0. The molecule has 0 spiro atoms. The van der Waals surface area contributed by atoms with Gasteiger partial charge in [-0.05, 0) is 20.3 Å². The van der Waals surface area contributed by atoms with Crippen LogP contribution >= 0.6 is 0 Å². The van der Waals surface area contributed by atoms with Gasteiger partial charge >= 0.3 is 0 Å². The van der Waals surface area contributed by atoms with Gasteiger partial charge < -0.3 is 16.0 Å². The Kier molecular flexibility index (Phi) is 8.40. The van der Waals surface area contributed by atoms with E-state index in [0.717, 1.165) is 25.8 Å². The smallest absolute Gasteiger partial charge is 0.242 e. The highest BCUT2D eigenvalue weighted by atomic mass is 16.2. The molecule has 2 amide bonds. The van der Waals surface area contributed by atoms with Crippen LogP contribution in [0.2, 0.25) is 0 Å². The molecular weight excluding hydrogens is 218 g/mol. The fourth-order valence-electron chi connectivity index (χ4n) is 1.55. The van der Waals surface area contributed by atoms with Gasteiger partial charge in [-0.25, -0.2) is 0 Å². The second-order valence-electron chi connectivity index (χ2n) is 4.37. The molecule has 0 saturated carbocycles. The number of rotatable bonds is 8. The molecule has 0 rings (SSSR count). The Morgan fingerprint density at radius 1 is 1.29 bits per heavy atom. The summed E-state index contributed by atoms with van der Waals surface area (Å²) in [4.78, 5) is 24.6. The van der Waals surface area contributed by atoms with Crippen LogP contribution in [0.3, 0.4) is 0 Å². The molecule has 0 heterocycles. The van der Waals surface area contributed by atoms with E-state index in [1.807, 2.05) is 13.8 Å². The van der Waals surface area contributed by atoms with Crippen LogP contribution in [0.15, 0.2) is 0 Å². The van der Waals surface area contributed by atoms with Gasteiger partial charge in [0.25, 0.3) is 0 Å². The van der Waals surface area contributed by atoms with Crippen LogP contribution in [0.5, 0.6) is 0 Å². The van der Waals surface area contributed by atoms with E-state index in [2.05, 4.69) is 12.2 Å². The van der Waals surface area contributed by atoms with Crippen molar-refractivity contribution in [2.24, 2.45) is 5.73 Å². The summed E-state index contributed by atoms with van der Waals surface area (Å²) in [6.07, 6.45) is 3.25. The molecule has 0 bridgehead atoms. The number of amides is 2. The summed E-state index contributed by atoms with van der Waals surface area (Å²) in [5.74, 6) is -0.339. The molecule has 0 aliphatic rings. The van der Waals surface area contributed by atoms with Crippen molar-refractivity contribution in [1.82, 2.24) is 10.2 Å². The average Bonchev–Trinajstić information content (AvgIpc) is 2.30. The first-order chi connectivity index (χ1) is 8.02. The fourth-order valence-corrected chi connectivity index (χ4v) is 1.55. The van der Waals surface area contributed by atoms with Crippen molar-refractivity contribution in [3.8, 4) is 0 Å². The van der Waals surface area contributed by atoms with Gasteiger partial charge in [0.05, 0.1) is 13.1 Å². The van der Waals surface area contributed by atoms with E-state index in [0.29, 0.717) is 0 Å². The first-order valence-corrected chi connectivity index (χ1v) is 6.29. The number of nitrogens with one attached hydrogen (secondary N) is 1. The van der Waals surface area contributed by atoms with Crippen LogP contribution in [0.1, 0.15) is 40.0 Å². The molecule has 100 valence electrons. The van der Waals surface area contributed by atoms with Gasteiger partial charge in [0.2, 0.25) is 11.8 Å². The van der Waals surface area contributed by atoms with E-state index in [9.17, 15) is 9.59 Å². The lowest BCUT2D eigenvalue weighted by molar-refractivity contribution is -0.134. The van der Waals surface area contributed by atoms with E-state index < -0.39 is 0 Å². The van der Waals surface area contributed by atoms with Gasteiger partial charge in [0.15, 0.2) is 0 Å². The number of unbranched alkanes of at least 4 members (excludes halogenated alkanes) is 2. The van der Waals surface area contributed by atoms with E-state index in [-0.39, 0.29) is 30.9 Å². The third kappa shape index (κ3) is 6.94. The largest absolute Gasteiger partial charge is 0.346 e. The molecule has 17 heavy (non-hydrogen) atoms. The van der Waals surface area contributed by atoms with Gasteiger partial charge in [0.1, 0.15) is 0 Å². The molecule has 0 atom stereocenters. The number of hydrogen-bond donors (Lipinski definition) is 2. The van der Waals surface area contributed by atoms with Gasteiger partial charge in [-0.2, -0.15) is 0 Å². The van der Waals surface area contributed by atoms with Crippen molar-refractivity contribution in [2.45, 2.75) is 46.1 Å². The van der Waals surface area contributed by atoms with Crippen LogP contribution in [-0.4, -0.2) is 42.4 Å². The molecule has 0 aliphatic heterocycles. The Balaban J connectivity index is 4.10. The minimum Gasteiger partial charge on any atom is -0.346 e. The van der Waals surface area contributed by atoms with Crippen LogP contribution < -0.4 is 11.1 Å². The van der Waals surface area contributed by atoms with E-state index in [1.54, 1.807) is 4.90 Å². The molecule has 0 aromatic carbocycles. The summed E-state index contributed by atoms with van der Waals surface area (Å²) in [5, 5.41) is 2.50. The minimum absolute atomic E-state index is 0.0420. The molecule has 5 heteroatoms. The van der Waals surface area contributed by atoms with Gasteiger partial charge in [-0.3, -0.25) is 9.59 Å². The molecule has 0 aromatic heterocycles. The van der Waals surface area contributed by atoms with Crippen LogP contribution in [0, 0.1) is 0 Å². The van der Waals surface area contributed by atoms with E-state index in [4.69, 9.17) is 5.73 Å². The topological polar surface area (TPSA) is 75.4 Å². The predicted octanol–water partition coefficient (Wildman–Crippen LogP) is 0.489. The van der Waals surface area contributed by atoms with Crippen molar-refractivity contribution in [3.63, 3.8) is 0 Å². The lowest BCUT2D eigenvalue weighted by Gasteiger charge is -2.27. The van der Waals surface area contributed by atoms with Crippen LogP contribution in [0.25, 0.3) is 0 Å². The monoisotopic (exact) mass is 243 g/mol. The first-order valence-electron chi connectivity index (χ1n) is 6.29. The highest BCUT2D eigenvalue weighted by Crippen LogP contribution is 2.03. The Morgan fingerprint density at radius 2 is 1.94 bits per heavy atom. The van der Waals surface area contributed by atoms with Crippen molar-refractivity contribution < 1.29 is 9.59 Å². The Labute approximate surface area is 104 Å². The zero-order chi connectivity index (χ0) is 13.3. The maximum atomic E-state index is 11.9. The fraction of sp³-hybridized carbons (Fsp3) is 0.833. The average molecular weight is 243 g/mol. The lowest BCUT2D eigenvalue weighted by atomic mass is 10.2. The van der Waals surface area contributed by atoms with E-state index >= 15 is 0 Å². The zero-order valence-electron chi connectivity index (χ0n) is 11.2. The minimum atomic E-state index is -0.296. The quantitative estimate of drug-likeness (QED) is 0.609. The summed E-state index contributed by atoms with van der Waals surface area (Å²) in [5.41, 5.74) is 5.16. The Morgan fingerprint density at radius 3 is 2.41 bits per heavy atom. The molecule has 0 aromatic rings. The number of nitrogens with two attached hydrogens (primary N) is 1. The third-order valence-corrected chi connectivity index (χ3v) is 2.57. The van der Waals surface area contributed by atoms with Crippen LogP contribution in [-0.2, 0) is 9.59 Å². The van der Waals surface area contributed by atoms with Crippen molar-refractivity contribution in [1.29, 1.82) is 0 Å². The summed E-state index contributed by atoms with van der Waals surface area (Å²) in [6.45, 7) is 6.81. The second-order valence-corrected chi connectivity index (χ2v) is 4.37. The Bertz CT molecular complexity index is 242. The number of carbonyl (C=O) groups excluding carboxylic acids is 2. The molecule has 0 radical (unpaired) electrons. The SMILES string of the molecule is CCCCCN(C(=O)CNC(=O)CN)C(C)C. The summed E-state index contributed by atoms with van der Waals surface area (Å²) in [6, 6.07) is 0.161. The maximum absolute atomic E-state index is 11.9.